The van der Waals surface area contributed by atoms with Gasteiger partial charge in [-0.2, -0.15) is 5.10 Å². The zero-order valence-electron chi connectivity index (χ0n) is 16.7. The molecule has 6 heteroatoms. The molecule has 3 rings (SSSR count). The van der Waals surface area contributed by atoms with Crippen molar-refractivity contribution in [3.05, 3.63) is 46.8 Å². The van der Waals surface area contributed by atoms with Crippen LogP contribution in [-0.2, 0) is 35.4 Å². The Kier molecular flexibility index (Phi) is 6.49. The first-order valence-electron chi connectivity index (χ1n) is 10.2. The van der Waals surface area contributed by atoms with Gasteiger partial charge in [0.05, 0.1) is 18.7 Å². The molecule has 1 aromatic heterocycles. The quantitative estimate of drug-likeness (QED) is 0.726. The number of hydrogen-bond donors (Lipinski definition) is 2. The van der Waals surface area contributed by atoms with Crippen LogP contribution in [0.5, 0.6) is 0 Å². The highest BCUT2D eigenvalue weighted by Crippen LogP contribution is 2.26. The summed E-state index contributed by atoms with van der Waals surface area (Å²) in [4.78, 5) is 23.5. The summed E-state index contributed by atoms with van der Waals surface area (Å²) in [5, 5.41) is 16.9. The summed E-state index contributed by atoms with van der Waals surface area (Å²) in [5.41, 5.74) is 4.58. The van der Waals surface area contributed by atoms with Crippen LogP contribution >= 0.6 is 0 Å². The summed E-state index contributed by atoms with van der Waals surface area (Å²) in [6, 6.07) is 7.84. The fourth-order valence-electron chi connectivity index (χ4n) is 4.05. The van der Waals surface area contributed by atoms with Crippen molar-refractivity contribution in [3.63, 3.8) is 0 Å². The minimum Gasteiger partial charge on any atom is -0.481 e. The number of carboxylic acids is 1. The lowest BCUT2D eigenvalue weighted by Gasteiger charge is -2.11. The van der Waals surface area contributed by atoms with Gasteiger partial charge in [-0.05, 0) is 43.4 Å². The number of benzene rings is 1. The maximum atomic E-state index is 12.3. The Balaban J connectivity index is 1.72. The molecular weight excluding hydrogens is 354 g/mol. The Morgan fingerprint density at radius 3 is 2.39 bits per heavy atom. The molecule has 0 atom stereocenters. The van der Waals surface area contributed by atoms with Gasteiger partial charge in [-0.25, -0.2) is 0 Å². The van der Waals surface area contributed by atoms with Crippen molar-refractivity contribution in [1.29, 1.82) is 0 Å². The van der Waals surface area contributed by atoms with Gasteiger partial charge in [-0.3, -0.25) is 14.3 Å². The predicted molar refractivity (Wildman–Crippen MR) is 108 cm³/mol. The Labute approximate surface area is 166 Å². The third-order valence-electron chi connectivity index (χ3n) is 5.53. The van der Waals surface area contributed by atoms with Gasteiger partial charge < -0.3 is 10.4 Å². The van der Waals surface area contributed by atoms with E-state index in [2.05, 4.69) is 10.4 Å². The van der Waals surface area contributed by atoms with Crippen LogP contribution in [0.1, 0.15) is 62.0 Å². The van der Waals surface area contributed by atoms with Crippen molar-refractivity contribution < 1.29 is 14.7 Å². The molecule has 1 heterocycles. The maximum Gasteiger partial charge on any atom is 0.307 e. The molecule has 0 unspecified atom stereocenters. The van der Waals surface area contributed by atoms with Crippen LogP contribution in [0.3, 0.4) is 0 Å². The van der Waals surface area contributed by atoms with Gasteiger partial charge in [0.1, 0.15) is 0 Å². The molecule has 1 amide bonds. The zero-order chi connectivity index (χ0) is 20.1. The molecule has 0 bridgehead atoms. The van der Waals surface area contributed by atoms with Gasteiger partial charge in [0.2, 0.25) is 5.91 Å². The Bertz CT molecular complexity index is 833. The van der Waals surface area contributed by atoms with E-state index in [1.54, 1.807) is 0 Å². The van der Waals surface area contributed by atoms with E-state index < -0.39 is 5.97 Å². The Hall–Kier alpha value is -2.63. The molecule has 2 N–H and O–H groups in total. The van der Waals surface area contributed by atoms with Crippen LogP contribution in [-0.4, -0.2) is 26.8 Å². The minimum absolute atomic E-state index is 0.0124. The van der Waals surface area contributed by atoms with Crippen LogP contribution in [0.25, 0.3) is 0 Å². The monoisotopic (exact) mass is 383 g/mol. The number of carbonyl (C=O) groups excluding carboxylic acids is 1. The van der Waals surface area contributed by atoms with E-state index in [-0.39, 0.29) is 18.2 Å². The number of anilines is 1. The number of rotatable bonds is 8. The maximum absolute atomic E-state index is 12.3. The second kappa shape index (κ2) is 9.04. The van der Waals surface area contributed by atoms with Crippen LogP contribution in [0.2, 0.25) is 0 Å². The van der Waals surface area contributed by atoms with E-state index in [9.17, 15) is 14.7 Å². The molecule has 0 aliphatic heterocycles. The molecule has 1 saturated carbocycles. The van der Waals surface area contributed by atoms with E-state index in [1.807, 2.05) is 42.8 Å². The third kappa shape index (κ3) is 4.61. The van der Waals surface area contributed by atoms with E-state index in [1.165, 1.54) is 0 Å². The van der Waals surface area contributed by atoms with Gasteiger partial charge in [0.15, 0.2) is 0 Å². The molecule has 2 aromatic rings. The van der Waals surface area contributed by atoms with Crippen molar-refractivity contribution in [3.8, 4) is 0 Å². The zero-order valence-corrected chi connectivity index (χ0v) is 16.7. The van der Waals surface area contributed by atoms with Crippen molar-refractivity contribution in [2.45, 2.75) is 65.3 Å². The average molecular weight is 383 g/mol. The molecule has 1 aliphatic rings. The van der Waals surface area contributed by atoms with E-state index in [4.69, 9.17) is 0 Å². The summed E-state index contributed by atoms with van der Waals surface area (Å²) < 4.78 is 1.92. The Morgan fingerprint density at radius 2 is 1.82 bits per heavy atom. The fourth-order valence-corrected chi connectivity index (χ4v) is 4.05. The second-order valence-corrected chi connectivity index (χ2v) is 7.47. The molecule has 1 aromatic carbocycles. The highest BCUT2D eigenvalue weighted by molar-refractivity contribution is 5.92. The number of carbonyl (C=O) groups is 2. The first-order valence-corrected chi connectivity index (χ1v) is 10.2. The number of aromatic nitrogens is 2. The van der Waals surface area contributed by atoms with Crippen molar-refractivity contribution in [1.82, 2.24) is 9.78 Å². The van der Waals surface area contributed by atoms with Crippen LogP contribution in [0.15, 0.2) is 24.3 Å². The molecule has 6 nitrogen and oxygen atoms in total. The predicted octanol–water partition coefficient (Wildman–Crippen LogP) is 3.81. The summed E-state index contributed by atoms with van der Waals surface area (Å²) in [5.74, 6) is -0.557. The van der Waals surface area contributed by atoms with Gasteiger partial charge in [-0.15, -0.1) is 0 Å². The fraction of sp³-hybridized carbons (Fsp3) is 0.500. The van der Waals surface area contributed by atoms with Gasteiger partial charge in [0.25, 0.3) is 0 Å². The number of nitrogens with one attached hydrogen (secondary N) is 1. The number of amides is 1. The van der Waals surface area contributed by atoms with Gasteiger partial charge >= 0.3 is 5.97 Å². The lowest BCUT2D eigenvalue weighted by atomic mass is 10.1. The first-order chi connectivity index (χ1) is 13.5. The highest BCUT2D eigenvalue weighted by atomic mass is 16.4. The molecule has 0 radical (unpaired) electrons. The van der Waals surface area contributed by atoms with Crippen molar-refractivity contribution >= 4 is 17.6 Å². The molecule has 0 saturated heterocycles. The number of nitrogens with zero attached hydrogens (tertiary/aromatic N) is 2. The van der Waals surface area contributed by atoms with E-state index >= 15 is 0 Å². The van der Waals surface area contributed by atoms with Crippen LogP contribution in [0.4, 0.5) is 5.69 Å². The average Bonchev–Trinajstić information content (AvgIpc) is 3.31. The smallest absolute Gasteiger partial charge is 0.307 e. The molecule has 1 aliphatic carbocycles. The van der Waals surface area contributed by atoms with Gasteiger partial charge in [0, 0.05) is 22.9 Å². The number of aliphatic carboxylic acids is 1. The van der Waals surface area contributed by atoms with Crippen molar-refractivity contribution in [2.24, 2.45) is 5.92 Å². The largest absolute Gasteiger partial charge is 0.481 e. The number of aryl methyl sites for hydroxylation is 1. The molecule has 28 heavy (non-hydrogen) atoms. The lowest BCUT2D eigenvalue weighted by molar-refractivity contribution is -0.136. The molecule has 150 valence electrons. The molecule has 0 spiro atoms. The normalized spacial score (nSPS) is 14.4. The summed E-state index contributed by atoms with van der Waals surface area (Å²) in [7, 11) is 0. The summed E-state index contributed by atoms with van der Waals surface area (Å²) >= 11 is 0. The van der Waals surface area contributed by atoms with Crippen LogP contribution < -0.4 is 5.32 Å². The van der Waals surface area contributed by atoms with Crippen molar-refractivity contribution in [2.75, 3.05) is 5.32 Å². The minimum atomic E-state index is -0.827. The SMILES string of the molecule is CCc1nn(Cc2ccc(NC(=O)C3CCCC3)cc2)c(CC)c1CC(=O)O. The lowest BCUT2D eigenvalue weighted by Crippen LogP contribution is -2.20. The third-order valence-corrected chi connectivity index (χ3v) is 5.53. The van der Waals surface area contributed by atoms with Gasteiger partial charge in [-0.1, -0.05) is 38.8 Å². The number of carboxylic acid groups (broad SMARTS) is 1. The van der Waals surface area contributed by atoms with E-state index in [0.717, 1.165) is 66.7 Å². The Morgan fingerprint density at radius 1 is 1.14 bits per heavy atom. The van der Waals surface area contributed by atoms with E-state index in [0.29, 0.717) is 6.54 Å². The highest BCUT2D eigenvalue weighted by Gasteiger charge is 2.22. The molecular formula is C22H29N3O3. The topological polar surface area (TPSA) is 84.2 Å². The molecule has 1 fully saturated rings. The standard InChI is InChI=1S/C22H29N3O3/c1-3-19-18(13-21(26)27)20(4-2)25(24-19)14-15-9-11-17(12-10-15)23-22(28)16-7-5-6-8-16/h9-12,16H,3-8,13-14H2,1-2H3,(H,23,28)(H,26,27). The first kappa shape index (κ1) is 20.1. The second-order valence-electron chi connectivity index (χ2n) is 7.47. The van der Waals surface area contributed by atoms with Crippen LogP contribution in [0, 0.1) is 5.92 Å². The summed E-state index contributed by atoms with van der Waals surface area (Å²) in [6.07, 6.45) is 5.73. The number of hydrogen-bond acceptors (Lipinski definition) is 3. The summed E-state index contributed by atoms with van der Waals surface area (Å²) in [6.45, 7) is 4.62.